The van der Waals surface area contributed by atoms with Gasteiger partial charge < -0.3 is 5.73 Å². The van der Waals surface area contributed by atoms with Crippen molar-refractivity contribution in [2.24, 2.45) is 4.36 Å². The van der Waals surface area contributed by atoms with Crippen LogP contribution in [0.25, 0.3) is 0 Å². The maximum atomic E-state index is 11.3. The fourth-order valence-electron chi connectivity index (χ4n) is 0.808. The van der Waals surface area contributed by atoms with Crippen molar-refractivity contribution in [2.45, 2.75) is 0 Å². The van der Waals surface area contributed by atoms with Crippen molar-refractivity contribution in [2.75, 3.05) is 18.2 Å². The van der Waals surface area contributed by atoms with E-state index in [-0.39, 0.29) is 0 Å². The summed E-state index contributed by atoms with van der Waals surface area (Å²) in [6.07, 6.45) is 3.17. The van der Waals surface area contributed by atoms with Crippen LogP contribution in [0.15, 0.2) is 28.6 Å². The fraction of sp³-hybridized carbons (Fsp3) is 0.250. The molecule has 0 aliphatic heterocycles. The van der Waals surface area contributed by atoms with Gasteiger partial charge in [-0.05, 0) is 12.1 Å². The normalized spacial score (nSPS) is 11.2. The molecule has 0 aliphatic carbocycles. The van der Waals surface area contributed by atoms with Crippen LogP contribution in [-0.2, 0) is 9.73 Å². The van der Waals surface area contributed by atoms with Crippen molar-refractivity contribution >= 4 is 21.1 Å². The summed E-state index contributed by atoms with van der Waals surface area (Å²) in [4.78, 5) is 0. The summed E-state index contributed by atoms with van der Waals surface area (Å²) in [5.74, 6) is 0. The minimum Gasteiger partial charge on any atom is -0.397 e. The minimum atomic E-state index is -2.10. The molecule has 3 nitrogen and oxygen atoms in total. The lowest BCUT2D eigenvalue weighted by molar-refractivity contribution is 0.684. The van der Waals surface area contributed by atoms with Crippen LogP contribution in [0.4, 0.5) is 11.4 Å². The second-order valence-corrected chi connectivity index (χ2v) is 5.38. The first-order valence-electron chi connectivity index (χ1n) is 3.51. The van der Waals surface area contributed by atoms with Gasteiger partial charge in [0.25, 0.3) is 0 Å². The van der Waals surface area contributed by atoms with Crippen LogP contribution >= 0.6 is 0 Å². The maximum Gasteiger partial charge on any atom is 0.0959 e. The average Bonchev–Trinajstić information content (AvgIpc) is 1.91. The third-order valence-corrected chi connectivity index (χ3v) is 1.89. The van der Waals surface area contributed by atoms with Crippen LogP contribution in [0.5, 0.6) is 0 Å². The Labute approximate surface area is 72.8 Å². The lowest BCUT2D eigenvalue weighted by atomic mass is 10.3. The van der Waals surface area contributed by atoms with Crippen molar-refractivity contribution in [1.82, 2.24) is 0 Å². The first-order chi connectivity index (χ1) is 5.49. The summed E-state index contributed by atoms with van der Waals surface area (Å²) < 4.78 is 15.3. The first-order valence-corrected chi connectivity index (χ1v) is 5.84. The van der Waals surface area contributed by atoms with E-state index in [0.29, 0.717) is 11.4 Å². The standard InChI is InChI=1S/C8H12N2OS/c1-12(2,11)10-8-6-4-3-5-7(8)9/h3-6H,9H2,1-2H3. The lowest BCUT2D eigenvalue weighted by Crippen LogP contribution is -1.91. The van der Waals surface area contributed by atoms with Crippen molar-refractivity contribution < 1.29 is 4.21 Å². The summed E-state index contributed by atoms with van der Waals surface area (Å²) in [5, 5.41) is 0. The van der Waals surface area contributed by atoms with Gasteiger partial charge in [0.2, 0.25) is 0 Å². The second kappa shape index (κ2) is 3.15. The zero-order valence-corrected chi connectivity index (χ0v) is 7.97. The number of anilines is 1. The van der Waals surface area contributed by atoms with Gasteiger partial charge >= 0.3 is 0 Å². The Morgan fingerprint density at radius 1 is 1.33 bits per heavy atom. The summed E-state index contributed by atoms with van der Waals surface area (Å²) in [5.41, 5.74) is 6.78. The zero-order chi connectivity index (χ0) is 9.19. The van der Waals surface area contributed by atoms with Crippen LogP contribution in [0.3, 0.4) is 0 Å². The van der Waals surface area contributed by atoms with Crippen LogP contribution in [0, 0.1) is 0 Å². The SMILES string of the molecule is CS(C)(=O)=Nc1ccccc1N. The van der Waals surface area contributed by atoms with Gasteiger partial charge in [-0.15, -0.1) is 0 Å². The van der Waals surface area contributed by atoms with E-state index in [2.05, 4.69) is 4.36 Å². The maximum absolute atomic E-state index is 11.3. The molecule has 0 fully saturated rings. The predicted octanol–water partition coefficient (Wildman–Crippen LogP) is 1.63. The van der Waals surface area contributed by atoms with Gasteiger partial charge in [-0.1, -0.05) is 12.1 Å². The van der Waals surface area contributed by atoms with Crippen LogP contribution in [-0.4, -0.2) is 16.7 Å². The molecular formula is C8H12N2OS. The number of benzene rings is 1. The van der Waals surface area contributed by atoms with Gasteiger partial charge in [0.05, 0.1) is 11.4 Å². The van der Waals surface area contributed by atoms with Crippen molar-refractivity contribution in [3.05, 3.63) is 24.3 Å². The Morgan fingerprint density at radius 3 is 2.42 bits per heavy atom. The van der Waals surface area contributed by atoms with Crippen LogP contribution in [0.1, 0.15) is 0 Å². The third-order valence-electron chi connectivity index (χ3n) is 1.25. The summed E-state index contributed by atoms with van der Waals surface area (Å²) in [6.45, 7) is 0. The lowest BCUT2D eigenvalue weighted by Gasteiger charge is -1.99. The number of nitrogen functional groups attached to an aromatic ring is 1. The molecule has 0 bridgehead atoms. The van der Waals surface area contributed by atoms with E-state index in [9.17, 15) is 4.21 Å². The van der Waals surface area contributed by atoms with E-state index < -0.39 is 9.73 Å². The van der Waals surface area contributed by atoms with Crippen LogP contribution in [0.2, 0.25) is 0 Å². The van der Waals surface area contributed by atoms with E-state index in [4.69, 9.17) is 5.73 Å². The van der Waals surface area contributed by atoms with Crippen LogP contribution < -0.4 is 5.73 Å². The first kappa shape index (κ1) is 9.06. The molecule has 0 heterocycles. The highest BCUT2D eigenvalue weighted by molar-refractivity contribution is 7.92. The second-order valence-electron chi connectivity index (χ2n) is 2.83. The zero-order valence-electron chi connectivity index (χ0n) is 7.15. The number of hydrogen-bond donors (Lipinski definition) is 1. The Kier molecular flexibility index (Phi) is 2.38. The Morgan fingerprint density at radius 2 is 1.92 bits per heavy atom. The molecular weight excluding hydrogens is 172 g/mol. The molecule has 66 valence electrons. The Bertz CT molecular complexity index is 384. The van der Waals surface area contributed by atoms with Crippen molar-refractivity contribution in [1.29, 1.82) is 0 Å². The van der Waals surface area contributed by atoms with E-state index in [0.717, 1.165) is 0 Å². The highest BCUT2D eigenvalue weighted by Crippen LogP contribution is 2.21. The molecule has 0 unspecified atom stereocenters. The quantitative estimate of drug-likeness (QED) is 0.674. The molecule has 2 N–H and O–H groups in total. The minimum absolute atomic E-state index is 0.564. The largest absolute Gasteiger partial charge is 0.397 e. The van der Waals surface area contributed by atoms with Crippen molar-refractivity contribution in [3.63, 3.8) is 0 Å². The van der Waals surface area contributed by atoms with Gasteiger partial charge in [-0.3, -0.25) is 0 Å². The van der Waals surface area contributed by atoms with E-state index in [1.807, 2.05) is 12.1 Å². The molecule has 1 aromatic carbocycles. The van der Waals surface area contributed by atoms with Gasteiger partial charge in [-0.2, -0.15) is 4.36 Å². The molecule has 4 heteroatoms. The van der Waals surface area contributed by atoms with Crippen molar-refractivity contribution in [3.8, 4) is 0 Å². The average molecular weight is 184 g/mol. The molecule has 0 radical (unpaired) electrons. The smallest absolute Gasteiger partial charge is 0.0959 e. The van der Waals surface area contributed by atoms with Gasteiger partial charge in [0.15, 0.2) is 0 Å². The van der Waals surface area contributed by atoms with E-state index in [1.165, 1.54) is 0 Å². The van der Waals surface area contributed by atoms with Gasteiger partial charge in [-0.25, -0.2) is 4.21 Å². The van der Waals surface area contributed by atoms with E-state index in [1.54, 1.807) is 24.6 Å². The van der Waals surface area contributed by atoms with Gasteiger partial charge in [0, 0.05) is 22.2 Å². The third kappa shape index (κ3) is 2.54. The highest BCUT2D eigenvalue weighted by atomic mass is 32.2. The molecule has 0 aromatic heterocycles. The molecule has 0 atom stereocenters. The summed E-state index contributed by atoms with van der Waals surface area (Å²) in [7, 11) is -2.10. The van der Waals surface area contributed by atoms with Gasteiger partial charge in [0.1, 0.15) is 0 Å². The molecule has 0 spiro atoms. The number of rotatable bonds is 1. The molecule has 0 saturated heterocycles. The molecule has 1 aromatic rings. The Balaban J connectivity index is 3.23. The number of nitrogens with zero attached hydrogens (tertiary/aromatic N) is 1. The molecule has 0 aliphatic rings. The summed E-state index contributed by atoms with van der Waals surface area (Å²) >= 11 is 0. The number of nitrogens with two attached hydrogens (primary N) is 1. The molecule has 0 amide bonds. The Hall–Kier alpha value is -1.03. The van der Waals surface area contributed by atoms with E-state index >= 15 is 0 Å². The topological polar surface area (TPSA) is 55.5 Å². The molecule has 0 saturated carbocycles. The fourth-order valence-corrected chi connectivity index (χ4v) is 1.45. The monoisotopic (exact) mass is 184 g/mol. The number of para-hydroxylation sites is 1. The number of hydrogen-bond acceptors (Lipinski definition) is 3. The summed E-state index contributed by atoms with van der Waals surface area (Å²) in [6, 6.07) is 7.13. The highest BCUT2D eigenvalue weighted by Gasteiger charge is 1.96. The molecule has 1 rings (SSSR count). The predicted molar refractivity (Wildman–Crippen MR) is 52.9 cm³/mol. The molecule has 12 heavy (non-hydrogen) atoms.